The zero-order chi connectivity index (χ0) is 18.8. The van der Waals surface area contributed by atoms with E-state index in [2.05, 4.69) is 5.32 Å². The highest BCUT2D eigenvalue weighted by Gasteiger charge is 2.05. The third-order valence-corrected chi connectivity index (χ3v) is 3.54. The van der Waals surface area contributed by atoms with Crippen molar-refractivity contribution in [1.29, 1.82) is 0 Å². The Balaban J connectivity index is 1.67. The predicted octanol–water partition coefficient (Wildman–Crippen LogP) is 2.75. The molecule has 0 aliphatic heterocycles. The minimum absolute atomic E-state index is 0.272. The average molecular weight is 357 g/mol. The molecule has 136 valence electrons. The van der Waals surface area contributed by atoms with Crippen molar-refractivity contribution in [3.8, 4) is 5.75 Å². The largest absolute Gasteiger partial charge is 0.497 e. The molecule has 0 radical (unpaired) electrons. The summed E-state index contributed by atoms with van der Waals surface area (Å²) in [6, 6.07) is 13.6. The Hall–Kier alpha value is -3.15. The molecule has 2 rings (SSSR count). The molecule has 0 aliphatic carbocycles. The summed E-state index contributed by atoms with van der Waals surface area (Å²) in [6.07, 6.45) is 3.04. The molecule has 1 N–H and O–H groups in total. The Bertz CT molecular complexity index is 772. The van der Waals surface area contributed by atoms with E-state index in [0.29, 0.717) is 13.0 Å². The molecular weight excluding hydrogens is 337 g/mol. The lowest BCUT2D eigenvalue weighted by atomic mass is 10.1. The number of halogens is 1. The Morgan fingerprint density at radius 3 is 2.54 bits per heavy atom. The zero-order valence-electron chi connectivity index (χ0n) is 14.4. The van der Waals surface area contributed by atoms with Gasteiger partial charge in [0.15, 0.2) is 6.61 Å². The number of hydrogen-bond donors (Lipinski definition) is 1. The van der Waals surface area contributed by atoms with E-state index in [4.69, 9.17) is 9.47 Å². The molecule has 0 atom stereocenters. The summed E-state index contributed by atoms with van der Waals surface area (Å²) in [5, 5.41) is 2.67. The van der Waals surface area contributed by atoms with Gasteiger partial charge < -0.3 is 14.8 Å². The van der Waals surface area contributed by atoms with E-state index in [9.17, 15) is 14.0 Å². The summed E-state index contributed by atoms with van der Waals surface area (Å²) in [7, 11) is 1.60. The maximum Gasteiger partial charge on any atom is 0.331 e. The lowest BCUT2D eigenvalue weighted by Gasteiger charge is -2.06. The highest BCUT2D eigenvalue weighted by Crippen LogP contribution is 2.11. The van der Waals surface area contributed by atoms with E-state index in [-0.39, 0.29) is 12.2 Å². The van der Waals surface area contributed by atoms with Gasteiger partial charge in [-0.25, -0.2) is 9.18 Å². The number of carbonyl (C=O) groups is 2. The average Bonchev–Trinajstić information content (AvgIpc) is 2.66. The van der Waals surface area contributed by atoms with Crippen molar-refractivity contribution >= 4 is 18.0 Å². The van der Waals surface area contributed by atoms with Gasteiger partial charge in [-0.05, 0) is 36.3 Å². The van der Waals surface area contributed by atoms with E-state index in [1.807, 2.05) is 24.3 Å². The van der Waals surface area contributed by atoms with Crippen LogP contribution in [0, 0.1) is 5.82 Å². The van der Waals surface area contributed by atoms with E-state index < -0.39 is 17.7 Å². The summed E-state index contributed by atoms with van der Waals surface area (Å²) in [4.78, 5) is 23.2. The molecule has 2 aromatic rings. The van der Waals surface area contributed by atoms with E-state index in [1.54, 1.807) is 19.2 Å². The van der Waals surface area contributed by atoms with Crippen molar-refractivity contribution in [1.82, 2.24) is 5.32 Å². The van der Waals surface area contributed by atoms with Crippen LogP contribution in [0.4, 0.5) is 4.39 Å². The number of methoxy groups -OCH3 is 1. The molecule has 0 unspecified atom stereocenters. The molecule has 0 saturated carbocycles. The van der Waals surface area contributed by atoms with Crippen molar-refractivity contribution in [2.24, 2.45) is 0 Å². The summed E-state index contributed by atoms with van der Waals surface area (Å²) in [5.74, 6) is -0.773. The molecule has 0 fully saturated rings. The van der Waals surface area contributed by atoms with E-state index >= 15 is 0 Å². The molecule has 0 aliphatic rings. The van der Waals surface area contributed by atoms with Gasteiger partial charge >= 0.3 is 5.97 Å². The number of rotatable bonds is 8. The highest BCUT2D eigenvalue weighted by atomic mass is 19.1. The van der Waals surface area contributed by atoms with Crippen molar-refractivity contribution in [2.75, 3.05) is 20.3 Å². The summed E-state index contributed by atoms with van der Waals surface area (Å²) < 4.78 is 23.3. The molecule has 0 saturated heterocycles. The number of esters is 1. The maximum atomic E-state index is 13.4. The van der Waals surface area contributed by atoms with Crippen molar-refractivity contribution in [3.05, 3.63) is 71.6 Å². The highest BCUT2D eigenvalue weighted by molar-refractivity contribution is 5.89. The normalized spacial score (nSPS) is 10.5. The van der Waals surface area contributed by atoms with Gasteiger partial charge in [0.05, 0.1) is 7.11 Å². The van der Waals surface area contributed by atoms with Gasteiger partial charge in [0.2, 0.25) is 0 Å². The topological polar surface area (TPSA) is 64.6 Å². The zero-order valence-corrected chi connectivity index (χ0v) is 14.4. The molecule has 5 nitrogen and oxygen atoms in total. The van der Waals surface area contributed by atoms with Crippen LogP contribution in [0.15, 0.2) is 54.6 Å². The summed E-state index contributed by atoms with van der Waals surface area (Å²) in [5.41, 5.74) is 1.32. The lowest BCUT2D eigenvalue weighted by molar-refractivity contribution is -0.143. The van der Waals surface area contributed by atoms with Crippen LogP contribution in [0.1, 0.15) is 11.1 Å². The molecule has 0 spiro atoms. The number of hydrogen-bond acceptors (Lipinski definition) is 4. The number of amides is 1. The second kappa shape index (κ2) is 9.98. The van der Waals surface area contributed by atoms with Crippen LogP contribution >= 0.6 is 0 Å². The van der Waals surface area contributed by atoms with E-state index in [0.717, 1.165) is 17.4 Å². The SMILES string of the molecule is COc1ccc(CCNC(=O)COC(=O)/C=C/c2ccccc2F)cc1. The fourth-order valence-corrected chi connectivity index (χ4v) is 2.14. The molecule has 0 bridgehead atoms. The third kappa shape index (κ3) is 6.39. The van der Waals surface area contributed by atoms with Crippen LogP contribution < -0.4 is 10.1 Å². The van der Waals surface area contributed by atoms with Crippen LogP contribution in [0.3, 0.4) is 0 Å². The summed E-state index contributed by atoms with van der Waals surface area (Å²) >= 11 is 0. The van der Waals surface area contributed by atoms with Crippen LogP contribution in [-0.4, -0.2) is 32.1 Å². The molecule has 0 aromatic heterocycles. The van der Waals surface area contributed by atoms with Crippen molar-refractivity contribution < 1.29 is 23.5 Å². The smallest absolute Gasteiger partial charge is 0.331 e. The van der Waals surface area contributed by atoms with Gasteiger partial charge in [-0.1, -0.05) is 30.3 Å². The summed E-state index contributed by atoms with van der Waals surface area (Å²) in [6.45, 7) is 0.0385. The minimum atomic E-state index is -0.710. The predicted molar refractivity (Wildman–Crippen MR) is 96.1 cm³/mol. The van der Waals surface area contributed by atoms with Gasteiger partial charge in [-0.2, -0.15) is 0 Å². The van der Waals surface area contributed by atoms with Crippen molar-refractivity contribution in [3.63, 3.8) is 0 Å². The van der Waals surface area contributed by atoms with Crippen LogP contribution in [0.25, 0.3) is 6.08 Å². The number of nitrogens with one attached hydrogen (secondary N) is 1. The van der Waals surface area contributed by atoms with Gasteiger partial charge in [-0.15, -0.1) is 0 Å². The second-order valence-electron chi connectivity index (χ2n) is 5.41. The second-order valence-corrected chi connectivity index (χ2v) is 5.41. The number of ether oxygens (including phenoxy) is 2. The lowest BCUT2D eigenvalue weighted by Crippen LogP contribution is -2.30. The van der Waals surface area contributed by atoms with Gasteiger partial charge in [-0.3, -0.25) is 4.79 Å². The molecule has 26 heavy (non-hydrogen) atoms. The fraction of sp³-hybridized carbons (Fsp3) is 0.200. The number of carbonyl (C=O) groups excluding carboxylic acids is 2. The first-order valence-corrected chi connectivity index (χ1v) is 8.07. The first-order valence-electron chi connectivity index (χ1n) is 8.07. The number of benzene rings is 2. The molecule has 1 amide bonds. The van der Waals surface area contributed by atoms with Crippen molar-refractivity contribution in [2.45, 2.75) is 6.42 Å². The Kier molecular flexibility index (Phi) is 7.36. The van der Waals surface area contributed by atoms with E-state index in [1.165, 1.54) is 18.2 Å². The van der Waals surface area contributed by atoms with Crippen LogP contribution in [0.5, 0.6) is 5.75 Å². The minimum Gasteiger partial charge on any atom is -0.497 e. The Labute approximate surface area is 151 Å². The quantitative estimate of drug-likeness (QED) is 0.583. The standard InChI is InChI=1S/C20H20FNO4/c1-25-17-9-6-15(7-10-17)12-13-22-19(23)14-26-20(24)11-8-16-4-2-3-5-18(16)21/h2-11H,12-14H2,1H3,(H,22,23)/b11-8+. The van der Waals surface area contributed by atoms with Gasteiger partial charge in [0, 0.05) is 18.2 Å². The van der Waals surface area contributed by atoms with Gasteiger partial charge in [0.1, 0.15) is 11.6 Å². The Morgan fingerprint density at radius 2 is 1.85 bits per heavy atom. The first kappa shape index (κ1) is 19.2. The first-order chi connectivity index (χ1) is 12.6. The molecule has 0 heterocycles. The van der Waals surface area contributed by atoms with Gasteiger partial charge in [0.25, 0.3) is 5.91 Å². The van der Waals surface area contributed by atoms with Crippen LogP contribution in [0.2, 0.25) is 0 Å². The Morgan fingerprint density at radius 1 is 1.12 bits per heavy atom. The third-order valence-electron chi connectivity index (χ3n) is 3.54. The fourth-order valence-electron chi connectivity index (χ4n) is 2.14. The van der Waals surface area contributed by atoms with Crippen LogP contribution in [-0.2, 0) is 20.7 Å². The maximum absolute atomic E-state index is 13.4. The molecule has 6 heteroatoms. The molecule has 2 aromatic carbocycles. The monoisotopic (exact) mass is 357 g/mol. The molecular formula is C20H20FNO4.